The van der Waals surface area contributed by atoms with Crippen LogP contribution >= 0.6 is 40.7 Å². The third-order valence-corrected chi connectivity index (χ3v) is 5.02. The lowest BCUT2D eigenvalue weighted by atomic mass is 9.98. The molecular formula is C15H22BrCl2FN2. The second-order valence-corrected chi connectivity index (χ2v) is 6.42. The highest BCUT2D eigenvalue weighted by Crippen LogP contribution is 2.42. The van der Waals surface area contributed by atoms with Crippen molar-refractivity contribution in [3.8, 4) is 0 Å². The van der Waals surface area contributed by atoms with E-state index in [4.69, 9.17) is 0 Å². The maximum Gasteiger partial charge on any atom is 0.137 e. The number of hydrogen-bond acceptors (Lipinski definition) is 2. The Bertz CT molecular complexity index is 451. The second kappa shape index (κ2) is 8.68. The molecule has 1 atom stereocenters. The number of nitrogens with zero attached hydrogens (tertiary/aromatic N) is 1. The van der Waals surface area contributed by atoms with Gasteiger partial charge in [-0.2, -0.15) is 0 Å². The van der Waals surface area contributed by atoms with Crippen molar-refractivity contribution >= 4 is 40.7 Å². The zero-order chi connectivity index (χ0) is 13.2. The van der Waals surface area contributed by atoms with E-state index in [9.17, 15) is 4.39 Å². The average molecular weight is 400 g/mol. The molecule has 0 bridgehead atoms. The van der Waals surface area contributed by atoms with Crippen LogP contribution < -0.4 is 5.32 Å². The number of benzene rings is 1. The molecule has 1 saturated carbocycles. The summed E-state index contributed by atoms with van der Waals surface area (Å²) in [4.78, 5) is 2.51. The van der Waals surface area contributed by atoms with Crippen molar-refractivity contribution in [1.82, 2.24) is 10.2 Å². The van der Waals surface area contributed by atoms with Gasteiger partial charge in [-0.05, 0) is 39.9 Å². The highest BCUT2D eigenvalue weighted by Gasteiger charge is 2.31. The molecule has 6 heteroatoms. The third kappa shape index (κ3) is 4.80. The molecule has 1 aromatic rings. The molecule has 2 nitrogen and oxygen atoms in total. The summed E-state index contributed by atoms with van der Waals surface area (Å²) in [7, 11) is 0. The Morgan fingerprint density at radius 2 is 1.90 bits per heavy atom. The molecule has 1 aromatic carbocycles. The quantitative estimate of drug-likeness (QED) is 0.816. The Labute approximate surface area is 146 Å². The molecule has 21 heavy (non-hydrogen) atoms. The molecule has 1 N–H and O–H groups in total. The third-order valence-electron chi connectivity index (χ3n) is 4.19. The molecule has 1 saturated heterocycles. The summed E-state index contributed by atoms with van der Waals surface area (Å²) in [6.07, 6.45) is 3.85. The molecule has 3 rings (SSSR count). The maximum absolute atomic E-state index is 13.8. The molecule has 0 amide bonds. The first-order valence-corrected chi connectivity index (χ1v) is 7.93. The van der Waals surface area contributed by atoms with Crippen molar-refractivity contribution in [2.75, 3.05) is 26.2 Å². The van der Waals surface area contributed by atoms with Gasteiger partial charge in [0.05, 0.1) is 4.47 Å². The summed E-state index contributed by atoms with van der Waals surface area (Å²) in [6.45, 7) is 4.18. The monoisotopic (exact) mass is 398 g/mol. The first kappa shape index (κ1) is 19.2. The lowest BCUT2D eigenvalue weighted by molar-refractivity contribution is 0.159. The fourth-order valence-electron chi connectivity index (χ4n) is 2.91. The van der Waals surface area contributed by atoms with Gasteiger partial charge in [0.25, 0.3) is 0 Å². The highest BCUT2D eigenvalue weighted by molar-refractivity contribution is 9.10. The summed E-state index contributed by atoms with van der Waals surface area (Å²) in [5.41, 5.74) is 1.12. The molecular weight excluding hydrogens is 378 g/mol. The molecule has 0 spiro atoms. The van der Waals surface area contributed by atoms with Crippen molar-refractivity contribution in [1.29, 1.82) is 0 Å². The number of piperazine rings is 1. The molecule has 0 aromatic heterocycles. The van der Waals surface area contributed by atoms with E-state index < -0.39 is 0 Å². The van der Waals surface area contributed by atoms with Gasteiger partial charge in [-0.3, -0.25) is 4.90 Å². The predicted molar refractivity (Wildman–Crippen MR) is 93.1 cm³/mol. The topological polar surface area (TPSA) is 15.3 Å². The smallest absolute Gasteiger partial charge is 0.137 e. The zero-order valence-electron chi connectivity index (χ0n) is 11.9. The van der Waals surface area contributed by atoms with Crippen LogP contribution in [0.2, 0.25) is 0 Å². The van der Waals surface area contributed by atoms with E-state index in [2.05, 4.69) is 32.2 Å². The van der Waals surface area contributed by atoms with Crippen LogP contribution in [-0.4, -0.2) is 31.1 Å². The molecule has 1 heterocycles. The van der Waals surface area contributed by atoms with E-state index >= 15 is 0 Å². The Balaban J connectivity index is 0.00000110. The molecule has 0 unspecified atom stereocenters. The van der Waals surface area contributed by atoms with Gasteiger partial charge in [-0.25, -0.2) is 4.39 Å². The zero-order valence-corrected chi connectivity index (χ0v) is 15.1. The van der Waals surface area contributed by atoms with E-state index in [1.54, 1.807) is 0 Å². The minimum atomic E-state index is -0.145. The van der Waals surface area contributed by atoms with Crippen LogP contribution in [0.15, 0.2) is 22.7 Å². The maximum atomic E-state index is 13.8. The van der Waals surface area contributed by atoms with Crippen molar-refractivity contribution < 1.29 is 4.39 Å². The number of rotatable bonds is 4. The highest BCUT2D eigenvalue weighted by atomic mass is 79.9. The predicted octanol–water partition coefficient (Wildman–Crippen LogP) is 4.18. The van der Waals surface area contributed by atoms with Gasteiger partial charge < -0.3 is 5.32 Å². The Morgan fingerprint density at radius 3 is 2.52 bits per heavy atom. The minimum absolute atomic E-state index is 0. The van der Waals surface area contributed by atoms with Gasteiger partial charge in [-0.15, -0.1) is 24.8 Å². The van der Waals surface area contributed by atoms with Crippen molar-refractivity contribution in [3.05, 3.63) is 34.1 Å². The number of hydrogen-bond donors (Lipinski definition) is 1. The fourth-order valence-corrected chi connectivity index (χ4v) is 3.44. The fraction of sp³-hybridized carbons (Fsp3) is 0.600. The van der Waals surface area contributed by atoms with Crippen LogP contribution in [0.1, 0.15) is 30.9 Å². The van der Waals surface area contributed by atoms with Crippen LogP contribution in [0, 0.1) is 11.7 Å². The van der Waals surface area contributed by atoms with Gasteiger partial charge in [0, 0.05) is 32.2 Å². The van der Waals surface area contributed by atoms with Gasteiger partial charge in [0.2, 0.25) is 0 Å². The summed E-state index contributed by atoms with van der Waals surface area (Å²) in [5, 5.41) is 3.39. The van der Waals surface area contributed by atoms with E-state index in [1.165, 1.54) is 25.3 Å². The summed E-state index contributed by atoms with van der Waals surface area (Å²) in [6, 6.07) is 5.79. The lowest BCUT2D eigenvalue weighted by Crippen LogP contribution is -2.45. The van der Waals surface area contributed by atoms with E-state index in [1.807, 2.05) is 6.07 Å². The molecule has 120 valence electrons. The van der Waals surface area contributed by atoms with Crippen LogP contribution in [-0.2, 0) is 0 Å². The molecule has 2 aliphatic rings. The second-order valence-electron chi connectivity index (χ2n) is 5.62. The standard InChI is InChI=1S/C15H20BrFN2.2ClH/c16-15-12(2-1-3-13(15)17)14(10-11-4-5-11)19-8-6-18-7-9-19;;/h1-3,11,14,18H,4-10H2;2*1H/t14-;;/m0../s1. The first-order chi connectivity index (χ1) is 9.25. The van der Waals surface area contributed by atoms with Gasteiger partial charge in [0.15, 0.2) is 0 Å². The van der Waals surface area contributed by atoms with Gasteiger partial charge in [0.1, 0.15) is 5.82 Å². The first-order valence-electron chi connectivity index (χ1n) is 7.14. The Hall–Kier alpha value is 0.130. The van der Waals surface area contributed by atoms with Crippen LogP contribution in [0.5, 0.6) is 0 Å². The summed E-state index contributed by atoms with van der Waals surface area (Å²) < 4.78 is 14.4. The molecule has 0 radical (unpaired) electrons. The van der Waals surface area contributed by atoms with Crippen LogP contribution in [0.25, 0.3) is 0 Å². The van der Waals surface area contributed by atoms with Gasteiger partial charge >= 0.3 is 0 Å². The normalized spacial score (nSPS) is 20.3. The number of halogens is 4. The SMILES string of the molecule is Cl.Cl.Fc1cccc([C@H](CC2CC2)N2CCNCC2)c1Br. The van der Waals surface area contributed by atoms with E-state index in [0.717, 1.165) is 37.7 Å². The van der Waals surface area contributed by atoms with Gasteiger partial charge in [-0.1, -0.05) is 25.0 Å². The minimum Gasteiger partial charge on any atom is -0.314 e. The van der Waals surface area contributed by atoms with Crippen molar-refractivity contribution in [2.24, 2.45) is 5.92 Å². The van der Waals surface area contributed by atoms with Crippen molar-refractivity contribution in [3.63, 3.8) is 0 Å². The van der Waals surface area contributed by atoms with Crippen LogP contribution in [0.4, 0.5) is 4.39 Å². The molecule has 1 aliphatic heterocycles. The molecule has 2 fully saturated rings. The lowest BCUT2D eigenvalue weighted by Gasteiger charge is -2.36. The average Bonchev–Trinajstić information content (AvgIpc) is 3.25. The largest absolute Gasteiger partial charge is 0.314 e. The Morgan fingerprint density at radius 1 is 1.24 bits per heavy atom. The van der Waals surface area contributed by atoms with E-state index in [-0.39, 0.29) is 30.6 Å². The van der Waals surface area contributed by atoms with Crippen molar-refractivity contribution in [2.45, 2.75) is 25.3 Å². The summed E-state index contributed by atoms with van der Waals surface area (Å²) >= 11 is 3.44. The van der Waals surface area contributed by atoms with Crippen LogP contribution in [0.3, 0.4) is 0 Å². The summed E-state index contributed by atoms with van der Waals surface area (Å²) in [5.74, 6) is 0.698. The Kier molecular flexibility index (Phi) is 7.93. The molecule has 1 aliphatic carbocycles. The number of nitrogens with one attached hydrogen (secondary N) is 1. The van der Waals surface area contributed by atoms with E-state index in [0.29, 0.717) is 10.5 Å².